The first-order chi connectivity index (χ1) is 14.0. The molecule has 1 aliphatic rings. The number of thiazole rings is 1. The average molecular weight is 465 g/mol. The number of nitriles is 1. The molecule has 1 fully saturated rings. The molecule has 2 N–H and O–H groups in total. The molecular weight excluding hydrogens is 450 g/mol. The lowest BCUT2D eigenvalue weighted by Gasteiger charge is -2.26. The zero-order valence-electron chi connectivity index (χ0n) is 15.3. The van der Waals surface area contributed by atoms with Gasteiger partial charge in [0.1, 0.15) is 29.3 Å². The topological polar surface area (TPSA) is 113 Å². The largest absolute Gasteiger partial charge is 0.592 e. The maximum atomic E-state index is 13.8. The van der Waals surface area contributed by atoms with Gasteiger partial charge in [-0.15, -0.1) is 4.31 Å². The number of hydrogen-bond donors (Lipinski definition) is 2. The summed E-state index contributed by atoms with van der Waals surface area (Å²) < 4.78 is 72.3. The van der Waals surface area contributed by atoms with Crippen molar-refractivity contribution in [3.05, 3.63) is 40.3 Å². The Bertz CT molecular complexity index is 981. The third kappa shape index (κ3) is 4.39. The molecule has 2 aromatic rings. The molecule has 2 unspecified atom stereocenters. The second kappa shape index (κ2) is 8.29. The number of aliphatic hydroxyl groups excluding tert-OH is 1. The van der Waals surface area contributed by atoms with E-state index in [0.717, 1.165) is 16.4 Å². The average Bonchev–Trinajstić information content (AvgIpc) is 3.22. The molecule has 162 valence electrons. The molecule has 0 aliphatic carbocycles. The van der Waals surface area contributed by atoms with Crippen molar-refractivity contribution in [2.75, 3.05) is 19.7 Å². The van der Waals surface area contributed by atoms with Crippen LogP contribution < -0.4 is 4.74 Å². The van der Waals surface area contributed by atoms with Crippen LogP contribution in [0, 0.1) is 24.1 Å². The summed E-state index contributed by atoms with van der Waals surface area (Å²) in [6, 6.07) is 4.97. The number of rotatable bonds is 5. The minimum atomic E-state index is -4.81. The lowest BCUT2D eigenvalue weighted by atomic mass is 10.0. The van der Waals surface area contributed by atoms with Crippen LogP contribution in [-0.4, -0.2) is 55.5 Å². The summed E-state index contributed by atoms with van der Waals surface area (Å²) in [7, 11) is 0. The van der Waals surface area contributed by atoms with Gasteiger partial charge in [0.05, 0.1) is 41.6 Å². The van der Waals surface area contributed by atoms with Crippen molar-refractivity contribution in [2.24, 2.45) is 0 Å². The summed E-state index contributed by atoms with van der Waals surface area (Å²) >= 11 is -1.71. The fourth-order valence-corrected chi connectivity index (χ4v) is 5.70. The first-order valence-electron chi connectivity index (χ1n) is 8.39. The molecule has 0 saturated carbocycles. The van der Waals surface area contributed by atoms with Gasteiger partial charge in [-0.1, -0.05) is 11.3 Å². The number of aryl methyl sites for hydroxylation is 1. The van der Waals surface area contributed by atoms with Crippen LogP contribution in [0.25, 0.3) is 0 Å². The van der Waals surface area contributed by atoms with Crippen molar-refractivity contribution >= 4 is 22.7 Å². The third-order valence-electron chi connectivity index (χ3n) is 4.40. The lowest BCUT2D eigenvalue weighted by Crippen LogP contribution is -2.48. The first-order valence-corrected chi connectivity index (χ1v) is 10.3. The van der Waals surface area contributed by atoms with Crippen molar-refractivity contribution < 1.29 is 37.1 Å². The lowest BCUT2D eigenvalue weighted by molar-refractivity contribution is -0.143. The van der Waals surface area contributed by atoms with Crippen molar-refractivity contribution in [1.29, 1.82) is 5.26 Å². The predicted octanol–water partition coefficient (Wildman–Crippen LogP) is 1.99. The monoisotopic (exact) mass is 465 g/mol. The van der Waals surface area contributed by atoms with Gasteiger partial charge in [0.25, 0.3) is 4.21 Å². The van der Waals surface area contributed by atoms with Gasteiger partial charge in [0.15, 0.2) is 0 Å². The third-order valence-corrected chi connectivity index (χ3v) is 7.10. The molecule has 0 radical (unpaired) electrons. The molecule has 7 nitrogen and oxygen atoms in total. The molecule has 13 heteroatoms. The van der Waals surface area contributed by atoms with Gasteiger partial charge in [-0.2, -0.15) is 18.4 Å². The number of ether oxygens (including phenoxy) is 1. The Morgan fingerprint density at radius 2 is 2.20 bits per heavy atom. The summed E-state index contributed by atoms with van der Waals surface area (Å²) in [4.78, 5) is 3.41. The zero-order chi connectivity index (χ0) is 22.3. The summed E-state index contributed by atoms with van der Waals surface area (Å²) in [5.41, 5.74) is -3.46. The molecule has 1 aromatic carbocycles. The summed E-state index contributed by atoms with van der Waals surface area (Å²) in [6.07, 6.45) is -6.03. The molecule has 0 amide bonds. The van der Waals surface area contributed by atoms with E-state index in [0.29, 0.717) is 11.3 Å². The Kier molecular flexibility index (Phi) is 6.28. The van der Waals surface area contributed by atoms with E-state index in [1.54, 1.807) is 6.07 Å². The summed E-state index contributed by atoms with van der Waals surface area (Å²) in [5, 5.41) is 29.1. The van der Waals surface area contributed by atoms with Crippen LogP contribution in [0.15, 0.2) is 22.4 Å². The Labute approximate surface area is 175 Å². The molecule has 3 atom stereocenters. The standard InChI is InChI=1S/C17H15F4N3O4S2/c1-9-23-14(17(19,20)21)15(29-9)30(27)24-6-13(16(26,7-24)8-25)28-11-3-2-10(5-22)12(18)4-11/h2-4,13,25-26H,6-8H2,1H3/t13-,16?,30?/m0/s1. The fraction of sp³-hybridized carbons (Fsp3) is 0.412. The Morgan fingerprint density at radius 3 is 2.77 bits per heavy atom. The van der Waals surface area contributed by atoms with E-state index in [2.05, 4.69) is 4.98 Å². The molecular formula is C17H15F4N3O4S2. The minimum Gasteiger partial charge on any atom is -0.592 e. The van der Waals surface area contributed by atoms with Gasteiger partial charge in [-0.05, 0) is 19.1 Å². The van der Waals surface area contributed by atoms with Crippen molar-refractivity contribution in [1.82, 2.24) is 9.29 Å². The highest BCUT2D eigenvalue weighted by atomic mass is 32.2. The van der Waals surface area contributed by atoms with Crippen molar-refractivity contribution in [2.45, 2.75) is 29.0 Å². The van der Waals surface area contributed by atoms with Gasteiger partial charge in [-0.3, -0.25) is 0 Å². The summed E-state index contributed by atoms with van der Waals surface area (Å²) in [6.45, 7) is -0.245. The SMILES string of the molecule is Cc1nc(C(F)(F)F)c([S+]([O-])N2C[C@H](Oc3ccc(C#N)c(F)c3)C(O)(CO)C2)s1. The van der Waals surface area contributed by atoms with E-state index in [9.17, 15) is 32.3 Å². The number of β-amino-alcohol motifs (C(OH)–C–C–N with tert-alkyl or cyclic N) is 1. The number of aromatic nitrogens is 1. The van der Waals surface area contributed by atoms with Gasteiger partial charge in [0.2, 0.25) is 5.69 Å². The molecule has 1 saturated heterocycles. The van der Waals surface area contributed by atoms with Crippen LogP contribution in [0.5, 0.6) is 5.75 Å². The molecule has 2 heterocycles. The second-order valence-electron chi connectivity index (χ2n) is 6.56. The maximum absolute atomic E-state index is 13.8. The number of benzene rings is 1. The molecule has 1 aliphatic heterocycles. The zero-order valence-corrected chi connectivity index (χ0v) is 16.9. The van der Waals surface area contributed by atoms with Crippen LogP contribution in [0.1, 0.15) is 16.3 Å². The van der Waals surface area contributed by atoms with Crippen LogP contribution in [0.3, 0.4) is 0 Å². The van der Waals surface area contributed by atoms with Gasteiger partial charge < -0.3 is 19.5 Å². The molecule has 3 rings (SSSR count). The van der Waals surface area contributed by atoms with Gasteiger partial charge >= 0.3 is 6.18 Å². The summed E-state index contributed by atoms with van der Waals surface area (Å²) in [5.74, 6) is -0.934. The minimum absolute atomic E-state index is 0.0689. The maximum Gasteiger partial charge on any atom is 0.439 e. The number of alkyl halides is 3. The van der Waals surface area contributed by atoms with E-state index < -0.39 is 58.1 Å². The molecule has 1 aromatic heterocycles. The highest BCUT2D eigenvalue weighted by Gasteiger charge is 2.53. The number of nitrogens with zero attached hydrogens (tertiary/aromatic N) is 3. The molecule has 0 bridgehead atoms. The van der Waals surface area contributed by atoms with E-state index in [1.165, 1.54) is 13.0 Å². The van der Waals surface area contributed by atoms with E-state index in [1.807, 2.05) is 0 Å². The van der Waals surface area contributed by atoms with Gasteiger partial charge in [-0.25, -0.2) is 9.37 Å². The van der Waals surface area contributed by atoms with Crippen LogP contribution in [-0.2, 0) is 17.5 Å². The normalized spacial score (nSPS) is 23.4. The number of halogens is 4. The Morgan fingerprint density at radius 1 is 1.50 bits per heavy atom. The molecule has 30 heavy (non-hydrogen) atoms. The number of aliphatic hydroxyl groups is 2. The molecule has 0 spiro atoms. The highest BCUT2D eigenvalue weighted by molar-refractivity contribution is 7.91. The van der Waals surface area contributed by atoms with Crippen molar-refractivity contribution in [3.63, 3.8) is 0 Å². The highest BCUT2D eigenvalue weighted by Crippen LogP contribution is 2.40. The Balaban J connectivity index is 1.85. The van der Waals surface area contributed by atoms with E-state index >= 15 is 0 Å². The first kappa shape index (κ1) is 22.7. The predicted molar refractivity (Wildman–Crippen MR) is 97.4 cm³/mol. The van der Waals surface area contributed by atoms with Crippen LogP contribution in [0.2, 0.25) is 0 Å². The quantitative estimate of drug-likeness (QED) is 0.513. The Hall–Kier alpha value is -1.95. The van der Waals surface area contributed by atoms with E-state index in [4.69, 9.17) is 10.00 Å². The van der Waals surface area contributed by atoms with Crippen molar-refractivity contribution in [3.8, 4) is 11.8 Å². The number of hydrogen-bond acceptors (Lipinski definition) is 8. The van der Waals surface area contributed by atoms with Crippen LogP contribution >= 0.6 is 11.3 Å². The fourth-order valence-electron chi connectivity index (χ4n) is 2.90. The second-order valence-corrected chi connectivity index (χ2v) is 9.44. The van der Waals surface area contributed by atoms with E-state index in [-0.39, 0.29) is 22.9 Å². The smallest absolute Gasteiger partial charge is 0.439 e. The van der Waals surface area contributed by atoms with Gasteiger partial charge in [0, 0.05) is 6.07 Å². The van der Waals surface area contributed by atoms with Crippen LogP contribution in [0.4, 0.5) is 17.6 Å².